The predicted octanol–water partition coefficient (Wildman–Crippen LogP) is 1.67. The van der Waals surface area contributed by atoms with E-state index in [9.17, 15) is 9.90 Å². The maximum atomic E-state index is 11.9. The molecule has 106 valence electrons. The lowest BCUT2D eigenvalue weighted by molar-refractivity contribution is 0.0368. The van der Waals surface area contributed by atoms with Gasteiger partial charge in [-0.1, -0.05) is 26.0 Å². The second-order valence-corrected chi connectivity index (χ2v) is 5.68. The highest BCUT2D eigenvalue weighted by atomic mass is 16.3. The SMILES string of the molecule is CC(C)CC(C)(O)CNC(=O)c1ccc(CN)cc1. The first-order valence-electron chi connectivity index (χ1n) is 6.63. The van der Waals surface area contributed by atoms with Crippen molar-refractivity contribution >= 4 is 5.91 Å². The Kier molecular flexibility index (Phi) is 5.51. The maximum absolute atomic E-state index is 11.9. The molecule has 0 saturated heterocycles. The van der Waals surface area contributed by atoms with E-state index in [1.165, 1.54) is 0 Å². The van der Waals surface area contributed by atoms with Crippen molar-refractivity contribution in [1.82, 2.24) is 5.32 Å². The van der Waals surface area contributed by atoms with Gasteiger partial charge in [0.1, 0.15) is 0 Å². The molecule has 0 saturated carbocycles. The molecule has 0 aromatic heterocycles. The van der Waals surface area contributed by atoms with Crippen molar-refractivity contribution in [2.45, 2.75) is 39.3 Å². The monoisotopic (exact) mass is 264 g/mol. The van der Waals surface area contributed by atoms with E-state index in [2.05, 4.69) is 5.32 Å². The predicted molar refractivity (Wildman–Crippen MR) is 76.7 cm³/mol. The lowest BCUT2D eigenvalue weighted by atomic mass is 9.94. The molecule has 19 heavy (non-hydrogen) atoms. The summed E-state index contributed by atoms with van der Waals surface area (Å²) < 4.78 is 0. The van der Waals surface area contributed by atoms with E-state index in [-0.39, 0.29) is 12.5 Å². The van der Waals surface area contributed by atoms with E-state index in [0.717, 1.165) is 5.56 Å². The Labute approximate surface area is 115 Å². The Morgan fingerprint density at radius 3 is 2.42 bits per heavy atom. The van der Waals surface area contributed by atoms with Crippen LogP contribution in [0.4, 0.5) is 0 Å². The number of hydrogen-bond acceptors (Lipinski definition) is 3. The van der Waals surface area contributed by atoms with Gasteiger partial charge in [0.25, 0.3) is 5.91 Å². The summed E-state index contributed by atoms with van der Waals surface area (Å²) >= 11 is 0. The summed E-state index contributed by atoms with van der Waals surface area (Å²) in [5.74, 6) is 0.211. The maximum Gasteiger partial charge on any atom is 0.251 e. The van der Waals surface area contributed by atoms with E-state index in [1.54, 1.807) is 19.1 Å². The first-order chi connectivity index (χ1) is 8.84. The molecule has 0 spiro atoms. The van der Waals surface area contributed by atoms with Crippen molar-refractivity contribution in [3.63, 3.8) is 0 Å². The molecule has 4 heteroatoms. The molecule has 0 aliphatic heterocycles. The number of benzene rings is 1. The van der Waals surface area contributed by atoms with E-state index in [1.807, 2.05) is 26.0 Å². The van der Waals surface area contributed by atoms with Gasteiger partial charge in [-0.05, 0) is 37.0 Å². The number of nitrogens with one attached hydrogen (secondary N) is 1. The van der Waals surface area contributed by atoms with Crippen molar-refractivity contribution < 1.29 is 9.90 Å². The number of carbonyl (C=O) groups is 1. The van der Waals surface area contributed by atoms with Crippen LogP contribution >= 0.6 is 0 Å². The third kappa shape index (κ3) is 5.41. The Hall–Kier alpha value is -1.39. The number of aliphatic hydroxyl groups is 1. The summed E-state index contributed by atoms with van der Waals surface area (Å²) in [6.07, 6.45) is 0.652. The smallest absolute Gasteiger partial charge is 0.251 e. The zero-order valence-corrected chi connectivity index (χ0v) is 11.9. The van der Waals surface area contributed by atoms with Crippen molar-refractivity contribution in [2.75, 3.05) is 6.54 Å². The Balaban J connectivity index is 2.55. The summed E-state index contributed by atoms with van der Waals surface area (Å²) in [5, 5.41) is 12.9. The Bertz CT molecular complexity index is 411. The van der Waals surface area contributed by atoms with Crippen LogP contribution in [-0.4, -0.2) is 23.2 Å². The zero-order chi connectivity index (χ0) is 14.5. The van der Waals surface area contributed by atoms with Gasteiger partial charge >= 0.3 is 0 Å². The molecule has 1 rings (SSSR count). The van der Waals surface area contributed by atoms with Gasteiger partial charge in [0.15, 0.2) is 0 Å². The molecule has 4 nitrogen and oxygen atoms in total. The van der Waals surface area contributed by atoms with E-state index >= 15 is 0 Å². The van der Waals surface area contributed by atoms with Crippen LogP contribution in [0.25, 0.3) is 0 Å². The highest BCUT2D eigenvalue weighted by Crippen LogP contribution is 2.15. The quantitative estimate of drug-likeness (QED) is 0.731. The van der Waals surface area contributed by atoms with E-state index in [0.29, 0.717) is 24.4 Å². The second kappa shape index (κ2) is 6.68. The molecular formula is C15H24N2O2. The van der Waals surface area contributed by atoms with Crippen LogP contribution in [0.5, 0.6) is 0 Å². The lowest BCUT2D eigenvalue weighted by Gasteiger charge is -2.25. The third-order valence-electron chi connectivity index (χ3n) is 2.93. The average molecular weight is 264 g/mol. The Morgan fingerprint density at radius 1 is 1.37 bits per heavy atom. The molecule has 1 aromatic rings. The van der Waals surface area contributed by atoms with Crippen LogP contribution < -0.4 is 11.1 Å². The number of rotatable bonds is 6. The molecule has 0 heterocycles. The van der Waals surface area contributed by atoms with Crippen LogP contribution in [0.1, 0.15) is 43.1 Å². The minimum atomic E-state index is -0.874. The van der Waals surface area contributed by atoms with Gasteiger partial charge in [-0.2, -0.15) is 0 Å². The van der Waals surface area contributed by atoms with Crippen molar-refractivity contribution in [3.05, 3.63) is 35.4 Å². The lowest BCUT2D eigenvalue weighted by Crippen LogP contribution is -2.41. The summed E-state index contributed by atoms with van der Waals surface area (Å²) in [5.41, 5.74) is 6.20. The zero-order valence-electron chi connectivity index (χ0n) is 11.9. The number of carbonyl (C=O) groups excluding carboxylic acids is 1. The second-order valence-electron chi connectivity index (χ2n) is 5.68. The largest absolute Gasteiger partial charge is 0.388 e. The molecule has 0 aliphatic rings. The van der Waals surface area contributed by atoms with E-state index in [4.69, 9.17) is 5.73 Å². The Morgan fingerprint density at radius 2 is 1.95 bits per heavy atom. The van der Waals surface area contributed by atoms with Gasteiger partial charge in [0.2, 0.25) is 0 Å². The first kappa shape index (κ1) is 15.7. The topological polar surface area (TPSA) is 75.3 Å². The molecule has 1 unspecified atom stereocenters. The van der Waals surface area contributed by atoms with Gasteiger partial charge in [0.05, 0.1) is 5.60 Å². The minimum absolute atomic E-state index is 0.174. The molecule has 0 bridgehead atoms. The van der Waals surface area contributed by atoms with Crippen LogP contribution in [-0.2, 0) is 6.54 Å². The highest BCUT2D eigenvalue weighted by molar-refractivity contribution is 5.94. The van der Waals surface area contributed by atoms with Gasteiger partial charge in [-0.3, -0.25) is 4.79 Å². The molecule has 0 radical (unpaired) electrons. The number of amides is 1. The molecule has 1 atom stereocenters. The fourth-order valence-electron chi connectivity index (χ4n) is 2.12. The van der Waals surface area contributed by atoms with Crippen LogP contribution in [0.3, 0.4) is 0 Å². The fraction of sp³-hybridized carbons (Fsp3) is 0.533. The van der Waals surface area contributed by atoms with Gasteiger partial charge in [-0.25, -0.2) is 0 Å². The minimum Gasteiger partial charge on any atom is -0.388 e. The van der Waals surface area contributed by atoms with Gasteiger partial charge in [0, 0.05) is 18.7 Å². The summed E-state index contributed by atoms with van der Waals surface area (Å²) in [4.78, 5) is 11.9. The van der Waals surface area contributed by atoms with Crippen LogP contribution in [0.15, 0.2) is 24.3 Å². The molecule has 1 aromatic carbocycles. The number of hydrogen-bond donors (Lipinski definition) is 3. The third-order valence-corrected chi connectivity index (χ3v) is 2.93. The highest BCUT2D eigenvalue weighted by Gasteiger charge is 2.22. The van der Waals surface area contributed by atoms with Gasteiger partial charge < -0.3 is 16.2 Å². The van der Waals surface area contributed by atoms with Crippen LogP contribution in [0, 0.1) is 5.92 Å². The molecule has 0 aliphatic carbocycles. The summed E-state index contributed by atoms with van der Waals surface area (Å²) in [6.45, 7) is 6.54. The molecular weight excluding hydrogens is 240 g/mol. The first-order valence-corrected chi connectivity index (χ1v) is 6.63. The fourth-order valence-corrected chi connectivity index (χ4v) is 2.12. The van der Waals surface area contributed by atoms with Crippen molar-refractivity contribution in [3.8, 4) is 0 Å². The summed E-state index contributed by atoms with van der Waals surface area (Å²) in [6, 6.07) is 7.16. The standard InChI is InChI=1S/C15H24N2O2/c1-11(2)8-15(3,19)10-17-14(18)13-6-4-12(9-16)5-7-13/h4-7,11,19H,8-10,16H2,1-3H3,(H,17,18). The normalized spacial score (nSPS) is 14.2. The molecule has 0 fully saturated rings. The average Bonchev–Trinajstić information content (AvgIpc) is 2.34. The van der Waals surface area contributed by atoms with E-state index < -0.39 is 5.60 Å². The molecule has 1 amide bonds. The van der Waals surface area contributed by atoms with Crippen molar-refractivity contribution in [1.29, 1.82) is 0 Å². The molecule has 4 N–H and O–H groups in total. The van der Waals surface area contributed by atoms with Gasteiger partial charge in [-0.15, -0.1) is 0 Å². The van der Waals surface area contributed by atoms with Crippen LogP contribution in [0.2, 0.25) is 0 Å². The summed E-state index contributed by atoms with van der Waals surface area (Å²) in [7, 11) is 0. The van der Waals surface area contributed by atoms with Crippen molar-refractivity contribution in [2.24, 2.45) is 11.7 Å². The number of nitrogens with two attached hydrogens (primary N) is 1.